The molecule has 1 amide bonds. The van der Waals surface area contributed by atoms with Crippen LogP contribution in [0.1, 0.15) is 18.1 Å². The summed E-state index contributed by atoms with van der Waals surface area (Å²) < 4.78 is 5.14. The molecule has 0 saturated carbocycles. The maximum Gasteiger partial charge on any atom is 0.246 e. The Bertz CT molecular complexity index is 645. The maximum absolute atomic E-state index is 12.3. The zero-order valence-corrected chi connectivity index (χ0v) is 13.2. The van der Waals surface area contributed by atoms with Gasteiger partial charge in [-0.25, -0.2) is 0 Å². The molecule has 0 aliphatic carbocycles. The first-order chi connectivity index (χ1) is 10.6. The van der Waals surface area contributed by atoms with Gasteiger partial charge in [0.2, 0.25) is 5.91 Å². The molecule has 114 valence electrons. The highest BCUT2D eigenvalue weighted by Crippen LogP contribution is 2.18. The molecule has 0 heterocycles. The van der Waals surface area contributed by atoms with Gasteiger partial charge in [-0.05, 0) is 35.8 Å². The number of allylic oxidation sites excluding steroid dienone is 1. The predicted octanol–water partition coefficient (Wildman–Crippen LogP) is 3.76. The van der Waals surface area contributed by atoms with Crippen LogP contribution in [0.2, 0.25) is 0 Å². The molecule has 3 nitrogen and oxygen atoms in total. The van der Waals surface area contributed by atoms with E-state index in [2.05, 4.69) is 0 Å². The van der Waals surface area contributed by atoms with Crippen LogP contribution in [-0.2, 0) is 11.3 Å². The van der Waals surface area contributed by atoms with E-state index in [1.165, 1.54) is 0 Å². The lowest BCUT2D eigenvalue weighted by atomic mass is 10.1. The highest BCUT2D eigenvalue weighted by molar-refractivity contribution is 5.94. The van der Waals surface area contributed by atoms with E-state index >= 15 is 0 Å². The van der Waals surface area contributed by atoms with Crippen molar-refractivity contribution >= 4 is 11.5 Å². The van der Waals surface area contributed by atoms with Gasteiger partial charge in [-0.2, -0.15) is 0 Å². The second-order valence-corrected chi connectivity index (χ2v) is 5.24. The first-order valence-electron chi connectivity index (χ1n) is 7.22. The summed E-state index contributed by atoms with van der Waals surface area (Å²) in [6.07, 6.45) is 1.67. The molecule has 0 radical (unpaired) electrons. The number of likely N-dealkylation sites (N-methyl/N-ethyl adjacent to an activating group) is 1. The van der Waals surface area contributed by atoms with Gasteiger partial charge in [0.05, 0.1) is 7.11 Å². The van der Waals surface area contributed by atoms with Crippen molar-refractivity contribution in [3.8, 4) is 5.75 Å². The van der Waals surface area contributed by atoms with E-state index in [1.807, 2.05) is 68.6 Å². The largest absolute Gasteiger partial charge is 0.497 e. The Hall–Kier alpha value is -2.55. The van der Waals surface area contributed by atoms with Crippen molar-refractivity contribution in [3.05, 3.63) is 71.8 Å². The van der Waals surface area contributed by atoms with Crippen LogP contribution >= 0.6 is 0 Å². The Morgan fingerprint density at radius 1 is 1.09 bits per heavy atom. The summed E-state index contributed by atoms with van der Waals surface area (Å²) in [5.74, 6) is 0.807. The molecule has 0 bridgehead atoms. The van der Waals surface area contributed by atoms with Gasteiger partial charge < -0.3 is 9.64 Å². The number of benzene rings is 2. The number of carbonyl (C=O) groups excluding carboxylic acids is 1. The summed E-state index contributed by atoms with van der Waals surface area (Å²) in [6, 6.07) is 17.7. The van der Waals surface area contributed by atoms with Crippen molar-refractivity contribution in [3.63, 3.8) is 0 Å². The van der Waals surface area contributed by atoms with Gasteiger partial charge in [0.15, 0.2) is 0 Å². The van der Waals surface area contributed by atoms with Crippen molar-refractivity contribution < 1.29 is 9.53 Å². The molecule has 0 unspecified atom stereocenters. The van der Waals surface area contributed by atoms with E-state index in [0.29, 0.717) is 6.54 Å². The molecule has 2 rings (SSSR count). The number of carbonyl (C=O) groups is 1. The van der Waals surface area contributed by atoms with Gasteiger partial charge in [-0.3, -0.25) is 4.79 Å². The minimum absolute atomic E-state index is 0.00262. The molecule has 0 atom stereocenters. The SMILES string of the molecule is COc1ccc(/C(C)=C/C(=O)N(C)Cc2ccccc2)cc1. The van der Waals surface area contributed by atoms with Crippen LogP contribution in [0.25, 0.3) is 5.57 Å². The van der Waals surface area contributed by atoms with Crippen molar-refractivity contribution in [2.45, 2.75) is 13.5 Å². The molecule has 2 aromatic rings. The first kappa shape index (κ1) is 15.8. The highest BCUT2D eigenvalue weighted by Gasteiger charge is 2.07. The van der Waals surface area contributed by atoms with Crippen LogP contribution in [-0.4, -0.2) is 25.0 Å². The van der Waals surface area contributed by atoms with Gasteiger partial charge in [0, 0.05) is 19.7 Å². The molecular weight excluding hydrogens is 274 g/mol. The van der Waals surface area contributed by atoms with Crippen molar-refractivity contribution in [1.82, 2.24) is 4.90 Å². The fourth-order valence-electron chi connectivity index (χ4n) is 2.17. The lowest BCUT2D eigenvalue weighted by Gasteiger charge is -2.16. The lowest BCUT2D eigenvalue weighted by Crippen LogP contribution is -2.24. The number of nitrogens with zero attached hydrogens (tertiary/aromatic N) is 1. The zero-order chi connectivity index (χ0) is 15.9. The van der Waals surface area contributed by atoms with E-state index in [1.54, 1.807) is 18.1 Å². The second kappa shape index (κ2) is 7.46. The molecule has 0 aliphatic heterocycles. The minimum Gasteiger partial charge on any atom is -0.497 e. The fourth-order valence-corrected chi connectivity index (χ4v) is 2.17. The van der Waals surface area contributed by atoms with E-state index in [-0.39, 0.29) is 5.91 Å². The molecule has 0 spiro atoms. The highest BCUT2D eigenvalue weighted by atomic mass is 16.5. The molecule has 3 heteroatoms. The average Bonchev–Trinajstić information content (AvgIpc) is 2.55. The Morgan fingerprint density at radius 3 is 2.32 bits per heavy atom. The average molecular weight is 295 g/mol. The summed E-state index contributed by atoms with van der Waals surface area (Å²) in [5, 5.41) is 0. The van der Waals surface area contributed by atoms with Gasteiger partial charge in [0.1, 0.15) is 5.75 Å². The van der Waals surface area contributed by atoms with Crippen LogP contribution in [0.3, 0.4) is 0 Å². The third-order valence-electron chi connectivity index (χ3n) is 3.52. The fraction of sp³-hybridized carbons (Fsp3) is 0.211. The third kappa shape index (κ3) is 4.22. The van der Waals surface area contributed by atoms with Gasteiger partial charge >= 0.3 is 0 Å². The van der Waals surface area contributed by atoms with Gasteiger partial charge in [-0.15, -0.1) is 0 Å². The summed E-state index contributed by atoms with van der Waals surface area (Å²) >= 11 is 0. The van der Waals surface area contributed by atoms with E-state index < -0.39 is 0 Å². The van der Waals surface area contributed by atoms with Gasteiger partial charge in [0.25, 0.3) is 0 Å². The third-order valence-corrected chi connectivity index (χ3v) is 3.52. The van der Waals surface area contributed by atoms with Crippen LogP contribution in [0, 0.1) is 0 Å². The van der Waals surface area contributed by atoms with E-state index in [0.717, 1.165) is 22.4 Å². The molecule has 0 fully saturated rings. The van der Waals surface area contributed by atoms with Crippen LogP contribution in [0.5, 0.6) is 5.75 Å². The number of ether oxygens (including phenoxy) is 1. The lowest BCUT2D eigenvalue weighted by molar-refractivity contribution is -0.125. The molecule has 22 heavy (non-hydrogen) atoms. The number of hydrogen-bond donors (Lipinski definition) is 0. The minimum atomic E-state index is -0.00262. The van der Waals surface area contributed by atoms with Crippen LogP contribution < -0.4 is 4.74 Å². The Labute approximate surface area is 131 Å². The van der Waals surface area contributed by atoms with E-state index in [4.69, 9.17) is 4.74 Å². The number of methoxy groups -OCH3 is 1. The first-order valence-corrected chi connectivity index (χ1v) is 7.22. The second-order valence-electron chi connectivity index (χ2n) is 5.24. The molecule has 0 saturated heterocycles. The van der Waals surface area contributed by atoms with Crippen molar-refractivity contribution in [2.75, 3.05) is 14.2 Å². The van der Waals surface area contributed by atoms with Crippen LogP contribution in [0.4, 0.5) is 0 Å². The standard InChI is InChI=1S/C19H21NO2/c1-15(17-9-11-18(22-3)12-10-17)13-19(21)20(2)14-16-7-5-4-6-8-16/h4-13H,14H2,1-3H3/b15-13+. The van der Waals surface area contributed by atoms with Crippen molar-refractivity contribution in [2.24, 2.45) is 0 Å². The van der Waals surface area contributed by atoms with Crippen molar-refractivity contribution in [1.29, 1.82) is 0 Å². The normalized spacial score (nSPS) is 11.1. The topological polar surface area (TPSA) is 29.5 Å². The number of rotatable bonds is 5. The Morgan fingerprint density at radius 2 is 1.73 bits per heavy atom. The monoisotopic (exact) mass is 295 g/mol. The number of hydrogen-bond acceptors (Lipinski definition) is 2. The molecule has 0 aliphatic rings. The summed E-state index contributed by atoms with van der Waals surface area (Å²) in [7, 11) is 3.45. The van der Waals surface area contributed by atoms with E-state index in [9.17, 15) is 4.79 Å². The van der Waals surface area contributed by atoms with Gasteiger partial charge in [-0.1, -0.05) is 42.5 Å². The van der Waals surface area contributed by atoms with Crippen LogP contribution in [0.15, 0.2) is 60.7 Å². The summed E-state index contributed by atoms with van der Waals surface area (Å²) in [4.78, 5) is 14.0. The molecule has 0 aromatic heterocycles. The summed E-state index contributed by atoms with van der Waals surface area (Å²) in [5.41, 5.74) is 3.07. The quantitative estimate of drug-likeness (QED) is 0.786. The molecule has 0 N–H and O–H groups in total. The Kier molecular flexibility index (Phi) is 5.37. The number of amides is 1. The molecule has 2 aromatic carbocycles. The molecular formula is C19H21NO2. The predicted molar refractivity (Wildman–Crippen MR) is 89.6 cm³/mol. The maximum atomic E-state index is 12.3. The smallest absolute Gasteiger partial charge is 0.246 e. The summed E-state index contributed by atoms with van der Waals surface area (Å²) in [6.45, 7) is 2.54. The Balaban J connectivity index is 2.04. The zero-order valence-electron chi connectivity index (χ0n) is 13.2.